The van der Waals surface area contributed by atoms with Crippen LogP contribution in [-0.4, -0.2) is 42.3 Å². The molecule has 0 bridgehead atoms. The highest BCUT2D eigenvalue weighted by molar-refractivity contribution is 6.33. The topological polar surface area (TPSA) is 102 Å². The van der Waals surface area contributed by atoms with Crippen LogP contribution >= 0.6 is 11.6 Å². The maximum Gasteiger partial charge on any atom is 0.300 e. The molecule has 1 amide bonds. The van der Waals surface area contributed by atoms with Gasteiger partial charge in [-0.2, -0.15) is 0 Å². The molecule has 0 spiro atoms. The van der Waals surface area contributed by atoms with Gasteiger partial charge in [-0.15, -0.1) is 0 Å². The van der Waals surface area contributed by atoms with Crippen LogP contribution in [0.3, 0.4) is 0 Å². The average Bonchev–Trinajstić information content (AvgIpc) is 2.35. The van der Waals surface area contributed by atoms with E-state index < -0.39 is 22.6 Å². The molecule has 0 radical (unpaired) electrons. The summed E-state index contributed by atoms with van der Waals surface area (Å²) >= 11 is 5.69. The first-order valence-electron chi connectivity index (χ1n) is 5.35. The van der Waals surface area contributed by atoms with E-state index in [-0.39, 0.29) is 23.7 Å². The fourth-order valence-electron chi connectivity index (χ4n) is 1.44. The molecule has 0 heterocycles. The monoisotopic (exact) mass is 288 g/mol. The molecule has 1 rings (SSSR count). The fraction of sp³-hybridized carbons (Fsp3) is 0.364. The molecule has 0 saturated heterocycles. The van der Waals surface area contributed by atoms with Crippen LogP contribution in [0.1, 0.15) is 10.4 Å². The van der Waals surface area contributed by atoms with E-state index in [4.69, 9.17) is 16.3 Å². The van der Waals surface area contributed by atoms with E-state index in [1.807, 2.05) is 0 Å². The molecule has 19 heavy (non-hydrogen) atoms. The largest absolute Gasteiger partial charge is 0.389 e. The molecule has 2 N–H and O–H groups in total. The number of nitrogens with zero attached hydrogens (tertiary/aromatic N) is 1. The van der Waals surface area contributed by atoms with Crippen molar-refractivity contribution in [2.75, 3.05) is 20.3 Å². The summed E-state index contributed by atoms with van der Waals surface area (Å²) in [5.74, 6) is -0.677. The van der Waals surface area contributed by atoms with Gasteiger partial charge in [-0.3, -0.25) is 14.9 Å². The van der Waals surface area contributed by atoms with Crippen molar-refractivity contribution in [3.05, 3.63) is 38.9 Å². The van der Waals surface area contributed by atoms with Crippen molar-refractivity contribution in [1.29, 1.82) is 0 Å². The highest BCUT2D eigenvalue weighted by Gasteiger charge is 2.23. The third kappa shape index (κ3) is 4.16. The Kier molecular flexibility index (Phi) is 5.68. The van der Waals surface area contributed by atoms with Crippen LogP contribution in [0.25, 0.3) is 0 Å². The Balaban J connectivity index is 2.83. The second kappa shape index (κ2) is 7.03. The number of hydrogen-bond acceptors (Lipinski definition) is 5. The van der Waals surface area contributed by atoms with E-state index in [1.165, 1.54) is 25.3 Å². The zero-order chi connectivity index (χ0) is 14.4. The number of aliphatic hydroxyl groups is 1. The minimum atomic E-state index is -0.882. The molecule has 0 fully saturated rings. The number of hydrogen-bond donors (Lipinski definition) is 2. The number of aliphatic hydroxyl groups excluding tert-OH is 1. The molecule has 1 aromatic rings. The molecule has 1 atom stereocenters. The molecular weight excluding hydrogens is 276 g/mol. The van der Waals surface area contributed by atoms with Gasteiger partial charge in [0.25, 0.3) is 5.91 Å². The lowest BCUT2D eigenvalue weighted by molar-refractivity contribution is -0.385. The number of ether oxygens (including phenoxy) is 1. The molecule has 7 nitrogen and oxygen atoms in total. The minimum Gasteiger partial charge on any atom is -0.389 e. The van der Waals surface area contributed by atoms with Crippen molar-refractivity contribution in [2.24, 2.45) is 0 Å². The third-order valence-electron chi connectivity index (χ3n) is 2.27. The summed E-state index contributed by atoms with van der Waals surface area (Å²) in [6.45, 7) is -0.0196. The standard InChI is InChI=1S/C11H13ClN2O5/c1-19-6-7(15)5-13-11(16)8-3-2-4-9(12)10(8)14(17)18/h2-4,7,15H,5-6H2,1H3,(H,13,16). The predicted octanol–water partition coefficient (Wildman–Crippen LogP) is 0.985. The molecule has 1 aromatic carbocycles. The molecule has 0 aliphatic carbocycles. The van der Waals surface area contributed by atoms with Gasteiger partial charge in [-0.1, -0.05) is 17.7 Å². The molecule has 104 valence electrons. The van der Waals surface area contributed by atoms with Crippen molar-refractivity contribution >= 4 is 23.2 Å². The van der Waals surface area contributed by atoms with Crippen LogP contribution in [-0.2, 0) is 4.74 Å². The van der Waals surface area contributed by atoms with Crippen LogP contribution in [0.15, 0.2) is 18.2 Å². The summed E-state index contributed by atoms with van der Waals surface area (Å²) in [7, 11) is 1.41. The van der Waals surface area contributed by atoms with Gasteiger partial charge in [0.15, 0.2) is 0 Å². The van der Waals surface area contributed by atoms with E-state index in [0.717, 1.165) is 0 Å². The third-order valence-corrected chi connectivity index (χ3v) is 2.58. The Bertz CT molecular complexity index is 480. The fourth-order valence-corrected chi connectivity index (χ4v) is 1.68. The number of amides is 1. The van der Waals surface area contributed by atoms with E-state index in [2.05, 4.69) is 5.32 Å². The van der Waals surface area contributed by atoms with Gasteiger partial charge in [-0.05, 0) is 12.1 Å². The van der Waals surface area contributed by atoms with E-state index in [9.17, 15) is 20.0 Å². The van der Waals surface area contributed by atoms with Gasteiger partial charge < -0.3 is 15.2 Å². The predicted molar refractivity (Wildman–Crippen MR) is 68.3 cm³/mol. The smallest absolute Gasteiger partial charge is 0.300 e. The number of rotatable bonds is 6. The summed E-state index contributed by atoms with van der Waals surface area (Å²) in [6, 6.07) is 4.06. The van der Waals surface area contributed by atoms with E-state index in [1.54, 1.807) is 0 Å². The number of halogens is 1. The number of benzene rings is 1. The number of nitro benzene ring substituents is 1. The summed E-state index contributed by atoms with van der Waals surface area (Å²) in [4.78, 5) is 21.9. The van der Waals surface area contributed by atoms with Gasteiger partial charge in [0, 0.05) is 13.7 Å². The lowest BCUT2D eigenvalue weighted by atomic mass is 10.1. The van der Waals surface area contributed by atoms with Gasteiger partial charge in [0.1, 0.15) is 10.6 Å². The molecule has 0 saturated carbocycles. The zero-order valence-electron chi connectivity index (χ0n) is 10.1. The summed E-state index contributed by atoms with van der Waals surface area (Å²) < 4.78 is 4.69. The molecule has 0 aliphatic rings. The van der Waals surface area contributed by atoms with E-state index in [0.29, 0.717) is 0 Å². The number of carbonyl (C=O) groups excluding carboxylic acids is 1. The SMILES string of the molecule is COCC(O)CNC(=O)c1cccc(Cl)c1[N+](=O)[O-]. The molecular formula is C11H13ClN2O5. The van der Waals surface area contributed by atoms with Crippen LogP contribution in [0, 0.1) is 10.1 Å². The van der Waals surface area contributed by atoms with Crippen LogP contribution < -0.4 is 5.32 Å². The zero-order valence-corrected chi connectivity index (χ0v) is 10.9. The second-order valence-electron chi connectivity index (χ2n) is 3.71. The van der Waals surface area contributed by atoms with Crippen LogP contribution in [0.2, 0.25) is 5.02 Å². The number of nitro groups is 1. The lowest BCUT2D eigenvalue weighted by Crippen LogP contribution is -2.34. The second-order valence-corrected chi connectivity index (χ2v) is 4.12. The maximum absolute atomic E-state index is 11.8. The minimum absolute atomic E-state index is 0.0535. The van der Waals surface area contributed by atoms with Crippen molar-refractivity contribution in [3.8, 4) is 0 Å². The Morgan fingerprint density at radius 1 is 1.63 bits per heavy atom. The Morgan fingerprint density at radius 3 is 2.89 bits per heavy atom. The highest BCUT2D eigenvalue weighted by atomic mass is 35.5. The van der Waals surface area contributed by atoms with Gasteiger partial charge in [0.05, 0.1) is 17.6 Å². The maximum atomic E-state index is 11.8. The summed E-state index contributed by atoms with van der Waals surface area (Å²) in [5.41, 5.74) is -0.606. The number of carbonyl (C=O) groups is 1. The van der Waals surface area contributed by atoms with Crippen molar-refractivity contribution in [2.45, 2.75) is 6.10 Å². The summed E-state index contributed by atoms with van der Waals surface area (Å²) in [5, 5.41) is 22.5. The lowest BCUT2D eigenvalue weighted by Gasteiger charge is -2.11. The molecule has 1 unspecified atom stereocenters. The summed E-state index contributed by atoms with van der Waals surface area (Å²) in [6.07, 6.45) is -0.882. The quantitative estimate of drug-likeness (QED) is 0.600. The van der Waals surface area contributed by atoms with Crippen molar-refractivity contribution in [3.63, 3.8) is 0 Å². The van der Waals surface area contributed by atoms with E-state index >= 15 is 0 Å². The van der Waals surface area contributed by atoms with Crippen LogP contribution in [0.5, 0.6) is 0 Å². The Morgan fingerprint density at radius 2 is 2.32 bits per heavy atom. The first-order chi connectivity index (χ1) is 8.97. The number of methoxy groups -OCH3 is 1. The highest BCUT2D eigenvalue weighted by Crippen LogP contribution is 2.27. The Labute approximate surface area is 114 Å². The number of para-hydroxylation sites is 1. The molecule has 0 aromatic heterocycles. The first kappa shape index (κ1) is 15.4. The molecule has 0 aliphatic heterocycles. The van der Waals surface area contributed by atoms with Gasteiger partial charge in [-0.25, -0.2) is 0 Å². The van der Waals surface area contributed by atoms with Crippen molar-refractivity contribution in [1.82, 2.24) is 5.32 Å². The molecule has 8 heteroatoms. The first-order valence-corrected chi connectivity index (χ1v) is 5.73. The van der Waals surface area contributed by atoms with Gasteiger partial charge >= 0.3 is 5.69 Å². The average molecular weight is 289 g/mol. The Hall–Kier alpha value is -1.70. The normalized spacial score (nSPS) is 11.9. The van der Waals surface area contributed by atoms with Gasteiger partial charge in [0.2, 0.25) is 0 Å². The van der Waals surface area contributed by atoms with Crippen LogP contribution in [0.4, 0.5) is 5.69 Å². The van der Waals surface area contributed by atoms with Crippen molar-refractivity contribution < 1.29 is 19.6 Å². The number of nitrogens with one attached hydrogen (secondary N) is 1.